The van der Waals surface area contributed by atoms with Crippen LogP contribution in [0.3, 0.4) is 0 Å². The molecule has 1 nitrogen and oxygen atoms in total. The molecular weight excluding hydrogens is 133 g/mol. The summed E-state index contributed by atoms with van der Waals surface area (Å²) in [4.78, 5) is 0. The van der Waals surface area contributed by atoms with E-state index in [4.69, 9.17) is 28.9 Å². The van der Waals surface area contributed by atoms with E-state index in [1.807, 2.05) is 0 Å². The molecule has 1 N–H and O–H groups in total. The summed E-state index contributed by atoms with van der Waals surface area (Å²) in [6, 6.07) is 0. The van der Waals surface area contributed by atoms with Crippen LogP contribution in [-0.4, -0.2) is 10.9 Å². The zero-order valence-electron chi connectivity index (χ0n) is 3.75. The van der Waals surface area contributed by atoms with Crippen molar-refractivity contribution in [2.45, 2.75) is 10.8 Å². The van der Waals surface area contributed by atoms with Crippen LogP contribution in [0.15, 0.2) is 0 Å². The van der Waals surface area contributed by atoms with Crippen molar-refractivity contribution >= 4 is 23.2 Å². The first kappa shape index (κ1) is 5.67. The van der Waals surface area contributed by atoms with E-state index in [1.165, 1.54) is 0 Å². The molecule has 0 aromatic rings. The lowest BCUT2D eigenvalue weighted by molar-refractivity contribution is 0.815. The normalized spacial score (nSPS) is 35.6. The van der Waals surface area contributed by atoms with Gasteiger partial charge in [0.1, 0.15) is 4.33 Å². The van der Waals surface area contributed by atoms with Crippen molar-refractivity contribution < 1.29 is 0 Å². The van der Waals surface area contributed by atoms with Crippen LogP contribution in [-0.2, 0) is 0 Å². The summed E-state index contributed by atoms with van der Waals surface area (Å²) in [5, 5.41) is 0. The van der Waals surface area contributed by atoms with Gasteiger partial charge in [0.2, 0.25) is 0 Å². The lowest BCUT2D eigenvalue weighted by atomic mass is 10.4. The van der Waals surface area contributed by atoms with Gasteiger partial charge >= 0.3 is 0 Å². The third-order valence-corrected chi connectivity index (χ3v) is 2.13. The van der Waals surface area contributed by atoms with E-state index < -0.39 is 4.33 Å². The molecule has 0 amide bonds. The van der Waals surface area contributed by atoms with Crippen LogP contribution in [0.1, 0.15) is 6.42 Å². The van der Waals surface area contributed by atoms with Crippen molar-refractivity contribution in [2.24, 2.45) is 5.92 Å². The first-order chi connectivity index (χ1) is 3.17. The third kappa shape index (κ3) is 1.01. The Hall–Kier alpha value is 0.540. The summed E-state index contributed by atoms with van der Waals surface area (Å²) in [5.74, 6) is 0.246. The summed E-state index contributed by atoms with van der Waals surface area (Å²) >= 11 is 11.1. The van der Waals surface area contributed by atoms with Gasteiger partial charge in [0.15, 0.2) is 0 Å². The second-order valence-corrected chi connectivity index (χ2v) is 3.41. The summed E-state index contributed by atoms with van der Waals surface area (Å²) in [5.41, 5.74) is 6.81. The molecule has 1 aliphatic carbocycles. The number of alkyl halides is 2. The SMILES string of the molecule is [NH]CC1CC1(Cl)Cl. The van der Waals surface area contributed by atoms with E-state index >= 15 is 0 Å². The first-order valence-corrected chi connectivity index (χ1v) is 2.95. The number of rotatable bonds is 1. The topological polar surface area (TPSA) is 23.8 Å². The molecule has 0 aromatic carbocycles. The number of nitrogens with one attached hydrogen (secondary N) is 1. The summed E-state index contributed by atoms with van der Waals surface area (Å²) < 4.78 is -0.526. The number of hydrogen-bond acceptors (Lipinski definition) is 0. The molecule has 0 saturated heterocycles. The standard InChI is InChI=1S/C4H6Cl2N/c5-4(6)1-3(4)2-7/h3,7H,1-2H2. The fraction of sp³-hybridized carbons (Fsp3) is 1.00. The van der Waals surface area contributed by atoms with Crippen LogP contribution in [0.5, 0.6) is 0 Å². The van der Waals surface area contributed by atoms with Gasteiger partial charge in [0.05, 0.1) is 0 Å². The van der Waals surface area contributed by atoms with Gasteiger partial charge < -0.3 is 0 Å². The van der Waals surface area contributed by atoms with E-state index in [9.17, 15) is 0 Å². The van der Waals surface area contributed by atoms with Crippen LogP contribution in [0.2, 0.25) is 0 Å². The molecule has 1 atom stereocenters. The minimum Gasteiger partial charge on any atom is -0.257 e. The minimum absolute atomic E-state index is 0.246. The van der Waals surface area contributed by atoms with Crippen LogP contribution in [0.4, 0.5) is 0 Å². The van der Waals surface area contributed by atoms with E-state index in [1.54, 1.807) is 0 Å². The maximum Gasteiger partial charge on any atom is 0.122 e. The quantitative estimate of drug-likeness (QED) is 0.491. The lowest BCUT2D eigenvalue weighted by Gasteiger charge is -1.89. The van der Waals surface area contributed by atoms with Gasteiger partial charge in [-0.2, -0.15) is 0 Å². The average molecular weight is 139 g/mol. The maximum atomic E-state index is 6.81. The lowest BCUT2D eigenvalue weighted by Crippen LogP contribution is -1.95. The van der Waals surface area contributed by atoms with Crippen molar-refractivity contribution in [1.29, 1.82) is 0 Å². The molecule has 0 heterocycles. The minimum atomic E-state index is -0.526. The van der Waals surface area contributed by atoms with Gasteiger partial charge in [0, 0.05) is 12.5 Å². The predicted octanol–water partition coefficient (Wildman–Crippen LogP) is 1.46. The van der Waals surface area contributed by atoms with Crippen molar-refractivity contribution in [3.63, 3.8) is 0 Å². The van der Waals surface area contributed by atoms with Crippen molar-refractivity contribution in [1.82, 2.24) is 5.73 Å². The monoisotopic (exact) mass is 138 g/mol. The maximum absolute atomic E-state index is 6.81. The molecule has 0 spiro atoms. The molecule has 41 valence electrons. The number of hydrogen-bond donors (Lipinski definition) is 0. The van der Waals surface area contributed by atoms with Crippen LogP contribution in [0, 0.1) is 5.92 Å². The highest BCUT2D eigenvalue weighted by atomic mass is 35.5. The second kappa shape index (κ2) is 1.51. The Balaban J connectivity index is 2.30. The molecule has 0 aliphatic heterocycles. The third-order valence-electron chi connectivity index (χ3n) is 1.20. The Kier molecular flexibility index (Phi) is 1.22. The Morgan fingerprint density at radius 2 is 2.14 bits per heavy atom. The van der Waals surface area contributed by atoms with Gasteiger partial charge in [-0.3, -0.25) is 5.73 Å². The highest BCUT2D eigenvalue weighted by Gasteiger charge is 2.50. The molecular formula is C4H6Cl2N. The molecule has 0 aromatic heterocycles. The molecule has 0 bridgehead atoms. The molecule has 1 aliphatic rings. The summed E-state index contributed by atoms with van der Waals surface area (Å²) in [7, 11) is 0. The Morgan fingerprint density at radius 3 is 2.14 bits per heavy atom. The fourth-order valence-corrected chi connectivity index (χ4v) is 1.02. The zero-order valence-corrected chi connectivity index (χ0v) is 5.26. The molecule has 1 fully saturated rings. The first-order valence-electron chi connectivity index (χ1n) is 2.19. The van der Waals surface area contributed by atoms with E-state index in [2.05, 4.69) is 0 Å². The Morgan fingerprint density at radius 1 is 1.71 bits per heavy atom. The molecule has 3 heteroatoms. The van der Waals surface area contributed by atoms with Crippen molar-refractivity contribution in [3.8, 4) is 0 Å². The highest BCUT2D eigenvalue weighted by molar-refractivity contribution is 6.50. The number of halogens is 2. The average Bonchev–Trinajstić information content (AvgIpc) is 2.13. The van der Waals surface area contributed by atoms with Gasteiger partial charge in [-0.05, 0) is 6.42 Å². The van der Waals surface area contributed by atoms with Gasteiger partial charge in [-0.25, -0.2) is 0 Å². The largest absolute Gasteiger partial charge is 0.257 e. The smallest absolute Gasteiger partial charge is 0.122 e. The summed E-state index contributed by atoms with van der Waals surface area (Å²) in [6.45, 7) is 0.368. The molecule has 1 saturated carbocycles. The van der Waals surface area contributed by atoms with E-state index in [0.717, 1.165) is 6.42 Å². The Bertz CT molecular complexity index is 81.8. The van der Waals surface area contributed by atoms with Gasteiger partial charge in [-0.15, -0.1) is 23.2 Å². The predicted molar refractivity (Wildman–Crippen MR) is 30.5 cm³/mol. The Labute approximate surface area is 52.8 Å². The van der Waals surface area contributed by atoms with Crippen molar-refractivity contribution in [2.75, 3.05) is 6.54 Å². The fourth-order valence-electron chi connectivity index (χ4n) is 0.491. The van der Waals surface area contributed by atoms with E-state index in [-0.39, 0.29) is 5.92 Å². The second-order valence-electron chi connectivity index (χ2n) is 1.87. The molecule has 7 heavy (non-hydrogen) atoms. The van der Waals surface area contributed by atoms with Crippen LogP contribution >= 0.6 is 23.2 Å². The van der Waals surface area contributed by atoms with Crippen molar-refractivity contribution in [3.05, 3.63) is 0 Å². The molecule has 1 radical (unpaired) electrons. The van der Waals surface area contributed by atoms with Gasteiger partial charge in [0.25, 0.3) is 0 Å². The van der Waals surface area contributed by atoms with Crippen LogP contribution < -0.4 is 5.73 Å². The van der Waals surface area contributed by atoms with Gasteiger partial charge in [-0.1, -0.05) is 0 Å². The van der Waals surface area contributed by atoms with Crippen LogP contribution in [0.25, 0.3) is 0 Å². The summed E-state index contributed by atoms with van der Waals surface area (Å²) in [6.07, 6.45) is 0.805. The highest BCUT2D eigenvalue weighted by Crippen LogP contribution is 2.52. The molecule has 1 rings (SSSR count). The zero-order chi connectivity index (χ0) is 5.49. The van der Waals surface area contributed by atoms with E-state index in [0.29, 0.717) is 6.54 Å². The molecule has 1 unspecified atom stereocenters.